The molecule has 0 aliphatic rings. The molecule has 0 saturated carbocycles. The van der Waals surface area contributed by atoms with Gasteiger partial charge >= 0.3 is 5.69 Å². The highest BCUT2D eigenvalue weighted by atomic mass is 35.5. The lowest BCUT2D eigenvalue weighted by Gasteiger charge is -2.14. The summed E-state index contributed by atoms with van der Waals surface area (Å²) < 4.78 is 2.84. The molecule has 0 radical (unpaired) electrons. The molecule has 0 N–H and O–H groups in total. The monoisotopic (exact) mass is 376 g/mol. The van der Waals surface area contributed by atoms with Crippen LogP contribution in [0.4, 0.5) is 0 Å². The van der Waals surface area contributed by atoms with E-state index in [4.69, 9.17) is 11.6 Å². The smallest absolute Gasteiger partial charge is 0.288 e. The van der Waals surface area contributed by atoms with Gasteiger partial charge < -0.3 is 0 Å². The summed E-state index contributed by atoms with van der Waals surface area (Å²) in [6.45, 7) is 2.40. The molecule has 4 nitrogen and oxygen atoms in total. The molecule has 4 aromatic rings. The van der Waals surface area contributed by atoms with Crippen molar-refractivity contribution in [1.29, 1.82) is 0 Å². The number of rotatable bonds is 3. The van der Waals surface area contributed by atoms with Crippen LogP contribution in [0.5, 0.6) is 0 Å². The van der Waals surface area contributed by atoms with E-state index in [-0.39, 0.29) is 11.2 Å². The van der Waals surface area contributed by atoms with E-state index in [1.165, 1.54) is 4.57 Å². The molecule has 0 amide bonds. The first-order valence-corrected chi connectivity index (χ1v) is 8.98. The first-order valence-electron chi connectivity index (χ1n) is 8.61. The van der Waals surface area contributed by atoms with Crippen LogP contribution in [0.2, 0.25) is 5.02 Å². The second-order valence-corrected chi connectivity index (χ2v) is 6.92. The van der Waals surface area contributed by atoms with Crippen LogP contribution in [0, 0.1) is 6.92 Å². The molecule has 1 aromatic heterocycles. The SMILES string of the molecule is Cc1ccc(Cn2c(=O)n(-c3ccc(Cl)cc3)c(=O)c3ccccc32)cc1. The van der Waals surface area contributed by atoms with Crippen molar-refractivity contribution in [2.24, 2.45) is 0 Å². The number of hydrogen-bond donors (Lipinski definition) is 0. The molecule has 0 aliphatic heterocycles. The Bertz CT molecular complexity index is 1240. The maximum atomic E-state index is 13.3. The molecule has 0 aliphatic carbocycles. The molecule has 0 bridgehead atoms. The molecule has 1 heterocycles. The highest BCUT2D eigenvalue weighted by molar-refractivity contribution is 6.30. The Hall–Kier alpha value is -3.11. The Kier molecular flexibility index (Phi) is 4.42. The summed E-state index contributed by atoms with van der Waals surface area (Å²) in [5, 5.41) is 1.05. The first kappa shape index (κ1) is 17.3. The third kappa shape index (κ3) is 3.20. The van der Waals surface area contributed by atoms with Crippen molar-refractivity contribution in [3.05, 3.63) is 110 Å². The molecule has 4 rings (SSSR count). The lowest BCUT2D eigenvalue weighted by molar-refractivity contribution is 0.714. The zero-order valence-electron chi connectivity index (χ0n) is 14.7. The predicted molar refractivity (Wildman–Crippen MR) is 109 cm³/mol. The Labute approximate surface area is 160 Å². The van der Waals surface area contributed by atoms with Crippen LogP contribution in [0.15, 0.2) is 82.4 Å². The second-order valence-electron chi connectivity index (χ2n) is 6.49. The largest absolute Gasteiger partial charge is 0.336 e. The molecule has 0 spiro atoms. The molecule has 134 valence electrons. The molecule has 0 fully saturated rings. The number of aromatic nitrogens is 2. The third-order valence-electron chi connectivity index (χ3n) is 4.60. The Balaban J connectivity index is 2.00. The molecule has 0 unspecified atom stereocenters. The zero-order valence-corrected chi connectivity index (χ0v) is 15.5. The van der Waals surface area contributed by atoms with Gasteiger partial charge in [0, 0.05) is 5.02 Å². The Morgan fingerprint density at radius 1 is 0.852 bits per heavy atom. The molecular weight excluding hydrogens is 360 g/mol. The van der Waals surface area contributed by atoms with Crippen LogP contribution in [0.25, 0.3) is 16.6 Å². The zero-order chi connectivity index (χ0) is 19.0. The fourth-order valence-corrected chi connectivity index (χ4v) is 3.29. The van der Waals surface area contributed by atoms with Crippen molar-refractivity contribution in [3.8, 4) is 5.69 Å². The summed E-state index contributed by atoms with van der Waals surface area (Å²) >= 11 is 5.95. The fourth-order valence-electron chi connectivity index (χ4n) is 3.17. The van der Waals surface area contributed by atoms with Gasteiger partial charge in [-0.1, -0.05) is 53.6 Å². The van der Waals surface area contributed by atoms with Gasteiger partial charge in [0.1, 0.15) is 0 Å². The Morgan fingerprint density at radius 3 is 2.22 bits per heavy atom. The topological polar surface area (TPSA) is 44.0 Å². The van der Waals surface area contributed by atoms with Crippen LogP contribution >= 0.6 is 11.6 Å². The maximum absolute atomic E-state index is 13.3. The van der Waals surface area contributed by atoms with Crippen molar-refractivity contribution >= 4 is 22.5 Å². The maximum Gasteiger partial charge on any atom is 0.336 e. The van der Waals surface area contributed by atoms with Crippen molar-refractivity contribution in [3.63, 3.8) is 0 Å². The van der Waals surface area contributed by atoms with Gasteiger partial charge in [-0.2, -0.15) is 0 Å². The standard InChI is InChI=1S/C22H17ClN2O2/c1-15-6-8-16(9-7-15)14-24-20-5-3-2-4-19(20)21(26)25(22(24)27)18-12-10-17(23)11-13-18/h2-13H,14H2,1H3. The first-order chi connectivity index (χ1) is 13.0. The number of aryl methyl sites for hydroxylation is 1. The van der Waals surface area contributed by atoms with Crippen molar-refractivity contribution in [1.82, 2.24) is 9.13 Å². The highest BCUT2D eigenvalue weighted by Crippen LogP contribution is 2.14. The van der Waals surface area contributed by atoms with Gasteiger partial charge in [-0.25, -0.2) is 9.36 Å². The summed E-state index contributed by atoms with van der Waals surface area (Å²) in [5.41, 5.74) is 2.56. The quantitative estimate of drug-likeness (QED) is 0.539. The van der Waals surface area contributed by atoms with Crippen molar-refractivity contribution in [2.75, 3.05) is 0 Å². The van der Waals surface area contributed by atoms with Crippen molar-refractivity contribution in [2.45, 2.75) is 13.5 Å². The fraction of sp³-hybridized carbons (Fsp3) is 0.0909. The van der Waals surface area contributed by atoms with Crippen LogP contribution in [0.3, 0.4) is 0 Å². The number of hydrogen-bond acceptors (Lipinski definition) is 2. The van der Waals surface area contributed by atoms with Gasteiger partial charge in [0.05, 0.1) is 23.1 Å². The van der Waals surface area contributed by atoms with Gasteiger partial charge in [0.2, 0.25) is 0 Å². The summed E-state index contributed by atoms with van der Waals surface area (Å²) in [6.07, 6.45) is 0. The van der Waals surface area contributed by atoms with Crippen LogP contribution in [0.1, 0.15) is 11.1 Å². The summed E-state index contributed by atoms with van der Waals surface area (Å²) in [6, 6.07) is 21.9. The lowest BCUT2D eigenvalue weighted by atomic mass is 10.1. The van der Waals surface area contributed by atoms with E-state index in [0.717, 1.165) is 11.1 Å². The van der Waals surface area contributed by atoms with Gasteiger partial charge in [0.15, 0.2) is 0 Å². The summed E-state index contributed by atoms with van der Waals surface area (Å²) in [4.78, 5) is 26.3. The normalized spacial score (nSPS) is 11.0. The van der Waals surface area contributed by atoms with Crippen LogP contribution in [-0.2, 0) is 6.54 Å². The number of benzene rings is 3. The molecular formula is C22H17ClN2O2. The van der Waals surface area contributed by atoms with E-state index in [1.807, 2.05) is 37.3 Å². The van der Waals surface area contributed by atoms with Gasteiger partial charge in [-0.3, -0.25) is 9.36 Å². The van der Waals surface area contributed by atoms with E-state index in [0.29, 0.717) is 28.2 Å². The van der Waals surface area contributed by atoms with Gasteiger partial charge in [-0.05, 0) is 48.9 Å². The minimum atomic E-state index is -0.374. The minimum absolute atomic E-state index is 0.335. The molecule has 3 aromatic carbocycles. The van der Waals surface area contributed by atoms with Gasteiger partial charge in [-0.15, -0.1) is 0 Å². The van der Waals surface area contributed by atoms with Crippen LogP contribution in [-0.4, -0.2) is 9.13 Å². The third-order valence-corrected chi connectivity index (χ3v) is 4.85. The van der Waals surface area contributed by atoms with E-state index < -0.39 is 0 Å². The van der Waals surface area contributed by atoms with E-state index in [2.05, 4.69) is 0 Å². The Morgan fingerprint density at radius 2 is 1.52 bits per heavy atom. The van der Waals surface area contributed by atoms with E-state index in [9.17, 15) is 9.59 Å². The summed E-state index contributed by atoms with van der Waals surface area (Å²) in [7, 11) is 0. The molecule has 27 heavy (non-hydrogen) atoms. The number of para-hydroxylation sites is 1. The van der Waals surface area contributed by atoms with Crippen LogP contribution < -0.4 is 11.2 Å². The van der Waals surface area contributed by atoms with E-state index >= 15 is 0 Å². The highest BCUT2D eigenvalue weighted by Gasteiger charge is 2.14. The van der Waals surface area contributed by atoms with Gasteiger partial charge in [0.25, 0.3) is 5.56 Å². The lowest BCUT2D eigenvalue weighted by Crippen LogP contribution is -2.39. The average molecular weight is 377 g/mol. The molecule has 5 heteroatoms. The number of halogens is 1. The second kappa shape index (κ2) is 6.89. The number of fused-ring (bicyclic) bond motifs is 1. The minimum Gasteiger partial charge on any atom is -0.288 e. The average Bonchev–Trinajstić information content (AvgIpc) is 2.68. The van der Waals surface area contributed by atoms with E-state index in [1.54, 1.807) is 47.0 Å². The predicted octanol–water partition coefficient (Wildman–Crippen LogP) is 4.16. The molecule has 0 atom stereocenters. The number of nitrogens with zero attached hydrogens (tertiary/aromatic N) is 2. The summed E-state index contributed by atoms with van der Waals surface area (Å²) in [5.74, 6) is 0. The molecule has 0 saturated heterocycles. The van der Waals surface area contributed by atoms with Crippen molar-refractivity contribution < 1.29 is 0 Å².